The van der Waals surface area contributed by atoms with E-state index in [4.69, 9.17) is 0 Å². The molecule has 3 rings (SSSR count). The summed E-state index contributed by atoms with van der Waals surface area (Å²) < 4.78 is 29.5. The van der Waals surface area contributed by atoms with Gasteiger partial charge in [-0.15, -0.1) is 9.24 Å². The predicted octanol–water partition coefficient (Wildman–Crippen LogP) is 4.03. The Morgan fingerprint density at radius 3 is 2.68 bits per heavy atom. The number of hydrogen-bond acceptors (Lipinski definition) is 2. The highest BCUT2D eigenvalue weighted by Crippen LogP contribution is 2.25. The van der Waals surface area contributed by atoms with Crippen molar-refractivity contribution >= 4 is 25.3 Å². The fourth-order valence-corrected chi connectivity index (χ4v) is 3.33. The number of halogens is 2. The summed E-state index contributed by atoms with van der Waals surface area (Å²) >= 11 is 0. The van der Waals surface area contributed by atoms with Crippen molar-refractivity contribution in [2.45, 2.75) is 32.7 Å². The number of hydrogen-bond donors (Lipinski definition) is 0. The highest BCUT2D eigenvalue weighted by Gasteiger charge is 2.16. The molecule has 1 aromatic carbocycles. The van der Waals surface area contributed by atoms with E-state index in [0.717, 1.165) is 25.5 Å². The van der Waals surface area contributed by atoms with Crippen LogP contribution in [0.5, 0.6) is 0 Å². The van der Waals surface area contributed by atoms with E-state index in [1.807, 2.05) is 6.07 Å². The third-order valence-electron chi connectivity index (χ3n) is 4.25. The van der Waals surface area contributed by atoms with Crippen LogP contribution in [0.4, 0.5) is 8.78 Å². The molecule has 0 aliphatic heterocycles. The zero-order valence-corrected chi connectivity index (χ0v) is 15.1. The molecule has 6 heteroatoms. The van der Waals surface area contributed by atoms with Crippen molar-refractivity contribution in [1.29, 1.82) is 0 Å². The Kier molecular flexibility index (Phi) is 5.24. The fraction of sp³-hybridized carbons (Fsp3) is 0.263. The van der Waals surface area contributed by atoms with Crippen molar-refractivity contribution < 1.29 is 8.78 Å². The van der Waals surface area contributed by atoms with Gasteiger partial charge in [0.15, 0.2) is 0 Å². The van der Waals surface area contributed by atoms with Gasteiger partial charge >= 0.3 is 0 Å². The van der Waals surface area contributed by atoms with Crippen LogP contribution in [-0.4, -0.2) is 9.55 Å². The van der Waals surface area contributed by atoms with Gasteiger partial charge < -0.3 is 4.57 Å². The van der Waals surface area contributed by atoms with Crippen LogP contribution >= 0.6 is 9.24 Å². The Balaban J connectivity index is 2.13. The molecule has 25 heavy (non-hydrogen) atoms. The summed E-state index contributed by atoms with van der Waals surface area (Å²) in [6.45, 7) is 2.72. The van der Waals surface area contributed by atoms with E-state index in [-0.39, 0.29) is 16.4 Å². The van der Waals surface area contributed by atoms with E-state index < -0.39 is 11.6 Å². The van der Waals surface area contributed by atoms with E-state index >= 15 is 0 Å². The number of unbranched alkanes of at least 4 members (excludes halogenated alkanes) is 2. The summed E-state index contributed by atoms with van der Waals surface area (Å²) in [5.41, 5.74) is 0.383. The van der Waals surface area contributed by atoms with Crippen LogP contribution in [0.2, 0.25) is 0 Å². The Bertz CT molecular complexity index is 968. The summed E-state index contributed by atoms with van der Waals surface area (Å²) in [4.78, 5) is 16.6. The molecular formula is C19H19F2N2OP. The smallest absolute Gasteiger partial charge is 0.259 e. The van der Waals surface area contributed by atoms with Gasteiger partial charge in [-0.1, -0.05) is 19.8 Å². The molecular weight excluding hydrogens is 341 g/mol. The van der Waals surface area contributed by atoms with Gasteiger partial charge in [0.1, 0.15) is 11.6 Å². The quantitative estimate of drug-likeness (QED) is 0.509. The van der Waals surface area contributed by atoms with E-state index in [1.165, 1.54) is 12.1 Å². The summed E-state index contributed by atoms with van der Waals surface area (Å²) in [5.74, 6) is -1.01. The van der Waals surface area contributed by atoms with Gasteiger partial charge in [0, 0.05) is 23.6 Å². The van der Waals surface area contributed by atoms with Crippen LogP contribution in [0.3, 0.4) is 0 Å². The first-order valence-corrected chi connectivity index (χ1v) is 8.83. The topological polar surface area (TPSA) is 34.9 Å². The second-order valence-electron chi connectivity index (χ2n) is 6.00. The number of aromatic nitrogens is 2. The fourth-order valence-electron chi connectivity index (χ4n) is 2.88. The Labute approximate surface area is 146 Å². The highest BCUT2D eigenvalue weighted by atomic mass is 31.0. The van der Waals surface area contributed by atoms with Gasteiger partial charge in [-0.3, -0.25) is 9.78 Å². The SMILES string of the molecule is CCCCCn1ccc2cc(-c3ccc(F)cn3)c(F)c(P)c2c1=O. The molecule has 0 bridgehead atoms. The minimum atomic E-state index is -0.528. The molecule has 0 amide bonds. The zero-order chi connectivity index (χ0) is 18.0. The molecule has 3 nitrogen and oxygen atoms in total. The van der Waals surface area contributed by atoms with Crippen LogP contribution < -0.4 is 10.9 Å². The van der Waals surface area contributed by atoms with Crippen molar-refractivity contribution in [3.63, 3.8) is 0 Å². The van der Waals surface area contributed by atoms with Gasteiger partial charge in [-0.2, -0.15) is 0 Å². The lowest BCUT2D eigenvalue weighted by molar-refractivity contribution is 0.590. The van der Waals surface area contributed by atoms with Gasteiger partial charge in [-0.05, 0) is 36.1 Å². The number of rotatable bonds is 5. The molecule has 1 atom stereocenters. The van der Waals surface area contributed by atoms with E-state index in [0.29, 0.717) is 23.0 Å². The van der Waals surface area contributed by atoms with Crippen LogP contribution in [0.1, 0.15) is 26.2 Å². The molecule has 0 aliphatic carbocycles. The average Bonchev–Trinajstić information content (AvgIpc) is 2.61. The Hall–Kier alpha value is -2.13. The van der Waals surface area contributed by atoms with Crippen LogP contribution in [-0.2, 0) is 6.54 Å². The Morgan fingerprint density at radius 2 is 2.00 bits per heavy atom. The van der Waals surface area contributed by atoms with Crippen LogP contribution in [0.25, 0.3) is 22.0 Å². The minimum absolute atomic E-state index is 0.198. The predicted molar refractivity (Wildman–Crippen MR) is 100 cm³/mol. The normalized spacial score (nSPS) is 11.2. The molecule has 0 radical (unpaired) electrons. The molecule has 0 N–H and O–H groups in total. The number of nitrogens with zero attached hydrogens (tertiary/aromatic N) is 2. The highest BCUT2D eigenvalue weighted by molar-refractivity contribution is 7.28. The molecule has 0 saturated heterocycles. The molecule has 2 heterocycles. The van der Waals surface area contributed by atoms with E-state index in [9.17, 15) is 13.6 Å². The zero-order valence-electron chi connectivity index (χ0n) is 13.9. The first-order valence-electron chi connectivity index (χ1n) is 8.26. The summed E-state index contributed by atoms with van der Waals surface area (Å²) in [5, 5.41) is 1.21. The standard InChI is InChI=1S/C19H19F2N2OP/c1-2-3-4-8-23-9-7-12-10-14(15-6-5-13(20)11-22-15)17(21)18(25)16(12)19(23)24/h5-7,9-11H,2-4,8,25H2,1H3. The monoisotopic (exact) mass is 360 g/mol. The van der Waals surface area contributed by atoms with E-state index in [1.54, 1.807) is 16.8 Å². The van der Waals surface area contributed by atoms with Crippen molar-refractivity contribution in [2.24, 2.45) is 0 Å². The largest absolute Gasteiger partial charge is 0.315 e. The van der Waals surface area contributed by atoms with Gasteiger partial charge in [0.05, 0.1) is 17.3 Å². The summed E-state index contributed by atoms with van der Waals surface area (Å²) in [6.07, 6.45) is 5.81. The van der Waals surface area contributed by atoms with Crippen molar-refractivity contribution in [1.82, 2.24) is 9.55 Å². The lowest BCUT2D eigenvalue weighted by Gasteiger charge is -2.12. The van der Waals surface area contributed by atoms with Gasteiger partial charge in [0.25, 0.3) is 5.56 Å². The summed E-state index contributed by atoms with van der Waals surface area (Å²) in [7, 11) is 2.32. The average molecular weight is 360 g/mol. The molecule has 1 unspecified atom stereocenters. The number of pyridine rings is 2. The third kappa shape index (κ3) is 3.47. The van der Waals surface area contributed by atoms with Crippen molar-refractivity contribution in [2.75, 3.05) is 0 Å². The maximum absolute atomic E-state index is 14.8. The lowest BCUT2D eigenvalue weighted by atomic mass is 10.0. The number of benzene rings is 1. The van der Waals surface area contributed by atoms with Crippen LogP contribution in [0, 0.1) is 11.6 Å². The van der Waals surface area contributed by atoms with Crippen molar-refractivity contribution in [3.05, 3.63) is 58.6 Å². The number of fused-ring (bicyclic) bond motifs is 1. The minimum Gasteiger partial charge on any atom is -0.315 e. The summed E-state index contributed by atoms with van der Waals surface area (Å²) in [6, 6.07) is 6.06. The molecule has 3 aromatic rings. The molecule has 0 aliphatic rings. The molecule has 0 fully saturated rings. The third-order valence-corrected chi connectivity index (χ3v) is 4.79. The van der Waals surface area contributed by atoms with Crippen molar-refractivity contribution in [3.8, 4) is 11.3 Å². The van der Waals surface area contributed by atoms with Gasteiger partial charge in [-0.25, -0.2) is 8.78 Å². The molecule has 130 valence electrons. The maximum Gasteiger partial charge on any atom is 0.259 e. The molecule has 0 saturated carbocycles. The second-order valence-corrected chi connectivity index (χ2v) is 6.58. The molecule has 0 spiro atoms. The maximum atomic E-state index is 14.8. The first kappa shape index (κ1) is 17.7. The number of aryl methyl sites for hydroxylation is 1. The van der Waals surface area contributed by atoms with Crippen LogP contribution in [0.15, 0.2) is 41.5 Å². The van der Waals surface area contributed by atoms with E-state index in [2.05, 4.69) is 21.1 Å². The second kappa shape index (κ2) is 7.40. The first-order chi connectivity index (χ1) is 12.0. The Morgan fingerprint density at radius 1 is 1.20 bits per heavy atom. The van der Waals surface area contributed by atoms with Gasteiger partial charge in [0.2, 0.25) is 0 Å². The molecule has 2 aromatic heterocycles. The lowest BCUT2D eigenvalue weighted by Crippen LogP contribution is -2.24.